The van der Waals surface area contributed by atoms with Crippen LogP contribution in [-0.2, 0) is 20.3 Å². The number of aromatic amines is 1. The van der Waals surface area contributed by atoms with E-state index < -0.39 is 30.1 Å². The van der Waals surface area contributed by atoms with Crippen LogP contribution < -0.4 is 15.4 Å². The average Bonchev–Trinajstić information content (AvgIpc) is 3.42. The summed E-state index contributed by atoms with van der Waals surface area (Å²) in [6, 6.07) is 12.9. The molecule has 4 rings (SSSR count). The Balaban J connectivity index is 1.35. The number of benzene rings is 2. The first-order valence-corrected chi connectivity index (χ1v) is 17.6. The quantitative estimate of drug-likeness (QED) is 0.0682. The first kappa shape index (κ1) is 37.9. The molecule has 15 heteroatoms. The Labute approximate surface area is 286 Å². The number of phosphoric acid groups is 1. The normalized spacial score (nSPS) is 12.8. The molecule has 0 aliphatic rings. The summed E-state index contributed by atoms with van der Waals surface area (Å²) in [4.78, 5) is 43.0. The molecule has 2 aromatic carbocycles. The molecule has 5 N–H and O–H groups in total. The van der Waals surface area contributed by atoms with E-state index in [2.05, 4.69) is 35.7 Å². The van der Waals surface area contributed by atoms with Gasteiger partial charge in [-0.15, -0.1) is 0 Å². The summed E-state index contributed by atoms with van der Waals surface area (Å²) in [5.74, 6) is 0.865. The van der Waals surface area contributed by atoms with Gasteiger partial charge in [0.1, 0.15) is 29.3 Å². The van der Waals surface area contributed by atoms with Crippen molar-refractivity contribution in [1.82, 2.24) is 25.1 Å². The van der Waals surface area contributed by atoms with Crippen molar-refractivity contribution < 1.29 is 32.8 Å². The largest absolute Gasteiger partial charge is 0.493 e. The minimum atomic E-state index is -4.77. The monoisotopic (exact) mass is 699 g/mol. The Morgan fingerprint density at radius 1 is 1.04 bits per heavy atom. The van der Waals surface area contributed by atoms with Gasteiger partial charge in [-0.3, -0.25) is 14.4 Å². The van der Waals surface area contributed by atoms with Gasteiger partial charge in [0.15, 0.2) is 5.82 Å². The van der Waals surface area contributed by atoms with E-state index in [1.165, 1.54) is 24.5 Å². The van der Waals surface area contributed by atoms with Crippen molar-refractivity contribution in [3.05, 3.63) is 66.4 Å². The Morgan fingerprint density at radius 2 is 1.78 bits per heavy atom. The van der Waals surface area contributed by atoms with Crippen LogP contribution in [0.25, 0.3) is 10.9 Å². The number of carbonyl (C=O) groups excluding carboxylic acids is 1. The van der Waals surface area contributed by atoms with E-state index in [0.717, 1.165) is 5.39 Å². The lowest BCUT2D eigenvalue weighted by atomic mass is 9.62. The first-order chi connectivity index (χ1) is 22.9. The molecule has 0 fully saturated rings. The third-order valence-electron chi connectivity index (χ3n) is 8.42. The van der Waals surface area contributed by atoms with Gasteiger partial charge >= 0.3 is 7.82 Å². The highest BCUT2D eigenvalue weighted by molar-refractivity contribution is 7.46. The summed E-state index contributed by atoms with van der Waals surface area (Å²) in [5.41, 5.74) is -0.683. The van der Waals surface area contributed by atoms with Gasteiger partial charge in [-0.1, -0.05) is 54.5 Å². The zero-order valence-corrected chi connectivity index (χ0v) is 30.0. The van der Waals surface area contributed by atoms with E-state index >= 15 is 0 Å². The second-order valence-electron chi connectivity index (χ2n) is 14.0. The predicted octanol–water partition coefficient (Wildman–Crippen LogP) is 6.45. The van der Waals surface area contributed by atoms with Crippen LogP contribution in [-0.4, -0.2) is 72.6 Å². The number of aromatic nitrogens is 4. The van der Waals surface area contributed by atoms with Crippen molar-refractivity contribution in [3.63, 3.8) is 0 Å². The minimum absolute atomic E-state index is 0.0155. The zero-order valence-electron chi connectivity index (χ0n) is 29.1. The number of nitrogens with zero attached hydrogens (tertiary/aromatic N) is 4. The average molecular weight is 700 g/mol. The summed E-state index contributed by atoms with van der Waals surface area (Å²) in [5, 5.41) is 13.6. The predicted molar refractivity (Wildman–Crippen MR) is 187 cm³/mol. The highest BCUT2D eigenvalue weighted by Crippen LogP contribution is 2.55. The molecular formula is C34H47FN7O6P. The Morgan fingerprint density at radius 3 is 2.43 bits per heavy atom. The third kappa shape index (κ3) is 10.1. The molecule has 0 unspecified atom stereocenters. The van der Waals surface area contributed by atoms with Crippen LogP contribution in [0.3, 0.4) is 0 Å². The van der Waals surface area contributed by atoms with E-state index in [1.54, 1.807) is 12.1 Å². The number of amides is 1. The number of phosphoric ester groups is 1. The van der Waals surface area contributed by atoms with Gasteiger partial charge in [0.25, 0.3) is 0 Å². The van der Waals surface area contributed by atoms with E-state index in [-0.39, 0.29) is 12.3 Å². The van der Waals surface area contributed by atoms with Crippen molar-refractivity contribution in [2.45, 2.75) is 66.9 Å². The summed E-state index contributed by atoms with van der Waals surface area (Å²) in [6.07, 6.45) is 2.12. The lowest BCUT2D eigenvalue weighted by Gasteiger charge is -2.54. The summed E-state index contributed by atoms with van der Waals surface area (Å²) < 4.78 is 37.2. The smallest absolute Gasteiger partial charge is 0.470 e. The Kier molecular flexibility index (Phi) is 11.8. The molecule has 0 saturated carbocycles. The topological polar surface area (TPSA) is 175 Å². The van der Waals surface area contributed by atoms with Crippen LogP contribution in [0.15, 0.2) is 54.9 Å². The van der Waals surface area contributed by atoms with E-state index in [9.17, 15) is 23.5 Å². The number of nitrogens with one attached hydrogen (secondary N) is 3. The zero-order chi connectivity index (χ0) is 36.0. The number of halogens is 1. The van der Waals surface area contributed by atoms with Crippen molar-refractivity contribution in [3.8, 4) is 5.75 Å². The molecule has 266 valence electrons. The second kappa shape index (κ2) is 15.3. The van der Waals surface area contributed by atoms with E-state index in [1.807, 2.05) is 66.7 Å². The number of rotatable bonds is 15. The molecule has 0 bridgehead atoms. The highest BCUT2D eigenvalue weighted by atomic mass is 31.2. The number of H-pyrrole nitrogens is 1. The Bertz CT molecular complexity index is 1770. The van der Waals surface area contributed by atoms with Crippen molar-refractivity contribution >= 4 is 42.0 Å². The SMILES string of the molecule is CCN(CCCOc1ccc2c(Nc3cc(CC(=O)Nc4cccc(F)c4)[nH]n3)ncnc2c1)CC(OP(=O)(O)O)(C(C)(C)C)C(C)(C)C. The summed E-state index contributed by atoms with van der Waals surface area (Å²) >= 11 is 0. The molecule has 0 aliphatic heterocycles. The van der Waals surface area contributed by atoms with Crippen LogP contribution in [0.5, 0.6) is 5.75 Å². The van der Waals surface area contributed by atoms with Crippen molar-refractivity contribution in [2.75, 3.05) is 36.9 Å². The molecule has 13 nitrogen and oxygen atoms in total. The van der Waals surface area contributed by atoms with E-state index in [4.69, 9.17) is 9.26 Å². The summed E-state index contributed by atoms with van der Waals surface area (Å²) in [6.45, 7) is 15.7. The summed E-state index contributed by atoms with van der Waals surface area (Å²) in [7, 11) is -4.77. The van der Waals surface area contributed by atoms with Gasteiger partial charge in [-0.05, 0) is 54.1 Å². The molecule has 4 aromatic rings. The lowest BCUT2D eigenvalue weighted by molar-refractivity contribution is -0.142. The molecule has 49 heavy (non-hydrogen) atoms. The lowest BCUT2D eigenvalue weighted by Crippen LogP contribution is -2.61. The molecule has 2 aromatic heterocycles. The number of fused-ring (bicyclic) bond motifs is 1. The highest BCUT2D eigenvalue weighted by Gasteiger charge is 2.55. The molecule has 0 radical (unpaired) electrons. The maximum absolute atomic E-state index is 13.4. The first-order valence-electron chi connectivity index (χ1n) is 16.1. The molecule has 1 amide bonds. The van der Waals surface area contributed by atoms with Crippen molar-refractivity contribution in [2.24, 2.45) is 10.8 Å². The van der Waals surface area contributed by atoms with E-state index in [0.29, 0.717) is 66.9 Å². The second-order valence-corrected chi connectivity index (χ2v) is 15.2. The van der Waals surface area contributed by atoms with Crippen LogP contribution in [0.1, 0.15) is 60.6 Å². The number of hydrogen-bond donors (Lipinski definition) is 5. The molecule has 0 saturated heterocycles. The van der Waals surface area contributed by atoms with Crippen LogP contribution in [0.2, 0.25) is 0 Å². The standard InChI is InChI=1S/C34H47FN7O6P/c1-8-42(21-34(32(2,3)4,33(5,6)7)48-49(44,45)46)15-10-16-47-26-13-14-27-28(20-26)36-22-37-31(27)39-29-18-25(40-41-29)19-30(43)38-24-12-9-11-23(35)17-24/h9,11-14,17-18,20,22H,8,10,15-16,19,21H2,1-7H3,(H,38,43)(H2,44,45,46)(H2,36,37,39,40,41). The Hall–Kier alpha value is -3.94. The minimum Gasteiger partial charge on any atom is -0.493 e. The van der Waals surface area contributed by atoms with Gasteiger partial charge in [0, 0.05) is 42.0 Å². The van der Waals surface area contributed by atoms with Gasteiger partial charge in [0.05, 0.1) is 18.5 Å². The van der Waals surface area contributed by atoms with Crippen LogP contribution >= 0.6 is 7.82 Å². The third-order valence-corrected chi connectivity index (χ3v) is 8.97. The van der Waals surface area contributed by atoms with Gasteiger partial charge in [0.2, 0.25) is 5.91 Å². The molecule has 2 heterocycles. The molecule has 0 aliphatic carbocycles. The number of hydrogen-bond acceptors (Lipinski definition) is 9. The van der Waals surface area contributed by atoms with Crippen LogP contribution in [0.4, 0.5) is 21.7 Å². The fourth-order valence-electron chi connectivity index (χ4n) is 6.06. The van der Waals surface area contributed by atoms with Gasteiger partial charge in [-0.25, -0.2) is 18.9 Å². The molecule has 0 atom stereocenters. The van der Waals surface area contributed by atoms with Crippen molar-refractivity contribution in [1.29, 1.82) is 0 Å². The van der Waals surface area contributed by atoms with Gasteiger partial charge < -0.3 is 30.1 Å². The molecule has 0 spiro atoms. The number of likely N-dealkylation sites (N-methyl/N-ethyl adjacent to an activating group) is 1. The maximum Gasteiger partial charge on any atom is 0.470 e. The van der Waals surface area contributed by atoms with Crippen LogP contribution in [0, 0.1) is 16.6 Å². The number of ether oxygens (including phenoxy) is 1. The van der Waals surface area contributed by atoms with Gasteiger partial charge in [-0.2, -0.15) is 5.10 Å². The number of anilines is 3. The maximum atomic E-state index is 13.4. The molecular weight excluding hydrogens is 652 g/mol. The number of carbonyl (C=O) groups is 1. The fraction of sp³-hybridized carbons (Fsp3) is 0.471. The fourth-order valence-corrected chi connectivity index (χ4v) is 7.07.